The lowest BCUT2D eigenvalue weighted by atomic mass is 10.1. The summed E-state index contributed by atoms with van der Waals surface area (Å²) in [5, 5.41) is 3.49. The van der Waals surface area contributed by atoms with Gasteiger partial charge in [0.15, 0.2) is 5.43 Å². The molecule has 112 valence electrons. The molecule has 1 amide bonds. The van der Waals surface area contributed by atoms with E-state index in [9.17, 15) is 9.59 Å². The maximum atomic E-state index is 12.0. The molecule has 2 rings (SSSR count). The van der Waals surface area contributed by atoms with Crippen molar-refractivity contribution in [2.45, 2.75) is 26.4 Å². The van der Waals surface area contributed by atoms with E-state index < -0.39 is 0 Å². The van der Waals surface area contributed by atoms with Gasteiger partial charge >= 0.3 is 0 Å². The third kappa shape index (κ3) is 3.70. The van der Waals surface area contributed by atoms with E-state index in [-0.39, 0.29) is 23.9 Å². The SMILES string of the molecule is COCC(C)NC(=O)Cn1ccc(=O)c2cc(C)ccc21. The summed E-state index contributed by atoms with van der Waals surface area (Å²) in [7, 11) is 1.60. The smallest absolute Gasteiger partial charge is 0.240 e. The van der Waals surface area contributed by atoms with Crippen LogP contribution in [0, 0.1) is 6.92 Å². The molecule has 1 heterocycles. The third-order valence-electron chi connectivity index (χ3n) is 3.27. The molecule has 2 aromatic rings. The van der Waals surface area contributed by atoms with Crippen LogP contribution in [-0.4, -0.2) is 30.2 Å². The van der Waals surface area contributed by atoms with Gasteiger partial charge in [0.05, 0.1) is 12.1 Å². The second kappa shape index (κ2) is 6.54. The van der Waals surface area contributed by atoms with Crippen LogP contribution in [0.4, 0.5) is 0 Å². The zero-order valence-electron chi connectivity index (χ0n) is 12.6. The third-order valence-corrected chi connectivity index (χ3v) is 3.27. The summed E-state index contributed by atoms with van der Waals surface area (Å²) in [4.78, 5) is 23.9. The number of carbonyl (C=O) groups excluding carboxylic acids is 1. The number of nitrogens with zero attached hydrogens (tertiary/aromatic N) is 1. The molecule has 1 N–H and O–H groups in total. The highest BCUT2D eigenvalue weighted by Gasteiger charge is 2.09. The van der Waals surface area contributed by atoms with Crippen LogP contribution >= 0.6 is 0 Å². The summed E-state index contributed by atoms with van der Waals surface area (Å²) < 4.78 is 6.77. The number of hydrogen-bond donors (Lipinski definition) is 1. The molecule has 1 aromatic heterocycles. The highest BCUT2D eigenvalue weighted by Crippen LogP contribution is 2.12. The topological polar surface area (TPSA) is 60.3 Å². The number of aryl methyl sites for hydroxylation is 1. The van der Waals surface area contributed by atoms with Gasteiger partial charge in [-0.25, -0.2) is 0 Å². The molecule has 5 heteroatoms. The van der Waals surface area contributed by atoms with E-state index in [0.29, 0.717) is 12.0 Å². The van der Waals surface area contributed by atoms with Crippen molar-refractivity contribution in [1.82, 2.24) is 9.88 Å². The molecular formula is C16H20N2O3. The first kappa shape index (κ1) is 15.3. The minimum atomic E-state index is -0.106. The van der Waals surface area contributed by atoms with Gasteiger partial charge in [-0.2, -0.15) is 0 Å². The van der Waals surface area contributed by atoms with Gasteiger partial charge in [0, 0.05) is 30.8 Å². The zero-order chi connectivity index (χ0) is 15.4. The van der Waals surface area contributed by atoms with Gasteiger partial charge in [-0.05, 0) is 26.0 Å². The van der Waals surface area contributed by atoms with Gasteiger partial charge in [-0.3, -0.25) is 9.59 Å². The Morgan fingerprint density at radius 3 is 2.86 bits per heavy atom. The molecule has 0 spiro atoms. The van der Waals surface area contributed by atoms with E-state index in [2.05, 4.69) is 5.32 Å². The van der Waals surface area contributed by atoms with Crippen LogP contribution in [0.25, 0.3) is 10.9 Å². The monoisotopic (exact) mass is 288 g/mol. The second-order valence-corrected chi connectivity index (χ2v) is 5.25. The highest BCUT2D eigenvalue weighted by molar-refractivity contribution is 5.82. The molecule has 0 bridgehead atoms. The molecule has 0 saturated heterocycles. The van der Waals surface area contributed by atoms with Gasteiger partial charge in [0.25, 0.3) is 0 Å². The van der Waals surface area contributed by atoms with Crippen LogP contribution in [0.5, 0.6) is 0 Å². The van der Waals surface area contributed by atoms with Crippen LogP contribution in [0.2, 0.25) is 0 Å². The Morgan fingerprint density at radius 1 is 1.38 bits per heavy atom. The molecule has 0 radical (unpaired) electrons. The average molecular weight is 288 g/mol. The van der Waals surface area contributed by atoms with Crippen molar-refractivity contribution < 1.29 is 9.53 Å². The number of pyridine rings is 1. The van der Waals surface area contributed by atoms with Crippen LogP contribution in [-0.2, 0) is 16.1 Å². The number of carbonyl (C=O) groups is 1. The van der Waals surface area contributed by atoms with E-state index in [1.54, 1.807) is 17.9 Å². The van der Waals surface area contributed by atoms with E-state index >= 15 is 0 Å². The number of benzene rings is 1. The first-order chi connectivity index (χ1) is 10.0. The number of rotatable bonds is 5. The molecule has 0 saturated carbocycles. The van der Waals surface area contributed by atoms with Gasteiger partial charge in [-0.1, -0.05) is 11.6 Å². The molecule has 5 nitrogen and oxygen atoms in total. The van der Waals surface area contributed by atoms with Gasteiger partial charge in [-0.15, -0.1) is 0 Å². The van der Waals surface area contributed by atoms with Gasteiger partial charge in [0.1, 0.15) is 6.54 Å². The predicted molar refractivity (Wildman–Crippen MR) is 82.4 cm³/mol. The fraction of sp³-hybridized carbons (Fsp3) is 0.375. The van der Waals surface area contributed by atoms with Crippen LogP contribution in [0.3, 0.4) is 0 Å². The maximum absolute atomic E-state index is 12.0. The lowest BCUT2D eigenvalue weighted by Gasteiger charge is -2.15. The summed E-state index contributed by atoms with van der Waals surface area (Å²) in [5.74, 6) is -0.106. The Hall–Kier alpha value is -2.14. The first-order valence-corrected chi connectivity index (χ1v) is 6.89. The van der Waals surface area contributed by atoms with E-state index in [1.807, 2.05) is 32.0 Å². The van der Waals surface area contributed by atoms with Gasteiger partial charge in [0.2, 0.25) is 5.91 Å². The lowest BCUT2D eigenvalue weighted by Crippen LogP contribution is -2.37. The van der Waals surface area contributed by atoms with E-state index in [0.717, 1.165) is 11.1 Å². The van der Waals surface area contributed by atoms with Crippen molar-refractivity contribution in [2.75, 3.05) is 13.7 Å². The number of nitrogens with one attached hydrogen (secondary N) is 1. The number of fused-ring (bicyclic) bond motifs is 1. The Labute approximate surface area is 123 Å². The van der Waals surface area contributed by atoms with E-state index in [4.69, 9.17) is 4.74 Å². The molecule has 21 heavy (non-hydrogen) atoms. The average Bonchev–Trinajstić information content (AvgIpc) is 2.42. The molecule has 0 fully saturated rings. The van der Waals surface area contributed by atoms with Crippen LogP contribution < -0.4 is 10.7 Å². The Kier molecular flexibility index (Phi) is 4.75. The summed E-state index contributed by atoms with van der Waals surface area (Å²) in [5.41, 5.74) is 1.76. The van der Waals surface area contributed by atoms with Crippen molar-refractivity contribution in [2.24, 2.45) is 0 Å². The Bertz CT molecular complexity index is 706. The van der Waals surface area contributed by atoms with Gasteiger partial charge < -0.3 is 14.6 Å². The molecule has 1 aromatic carbocycles. The van der Waals surface area contributed by atoms with E-state index in [1.165, 1.54) is 6.07 Å². The normalized spacial score (nSPS) is 12.3. The molecule has 0 aliphatic rings. The number of aromatic nitrogens is 1. The molecule has 1 atom stereocenters. The highest BCUT2D eigenvalue weighted by atomic mass is 16.5. The predicted octanol–water partition coefficient (Wildman–Crippen LogP) is 1.46. The quantitative estimate of drug-likeness (QED) is 0.906. The van der Waals surface area contributed by atoms with Crippen LogP contribution in [0.15, 0.2) is 35.3 Å². The second-order valence-electron chi connectivity index (χ2n) is 5.25. The Balaban J connectivity index is 2.25. The largest absolute Gasteiger partial charge is 0.383 e. The number of amides is 1. The zero-order valence-corrected chi connectivity index (χ0v) is 12.6. The fourth-order valence-corrected chi connectivity index (χ4v) is 2.33. The summed E-state index contributed by atoms with van der Waals surface area (Å²) >= 11 is 0. The number of methoxy groups -OCH3 is 1. The van der Waals surface area contributed by atoms with Crippen molar-refractivity contribution in [1.29, 1.82) is 0 Å². The van der Waals surface area contributed by atoms with Crippen molar-refractivity contribution in [3.63, 3.8) is 0 Å². The molecule has 0 aliphatic heterocycles. The fourth-order valence-electron chi connectivity index (χ4n) is 2.33. The summed E-state index contributed by atoms with van der Waals surface area (Å²) in [6, 6.07) is 7.10. The minimum absolute atomic E-state index is 0.0295. The van der Waals surface area contributed by atoms with Crippen LogP contribution in [0.1, 0.15) is 12.5 Å². The Morgan fingerprint density at radius 2 is 2.14 bits per heavy atom. The molecule has 1 unspecified atom stereocenters. The summed E-state index contributed by atoms with van der Waals surface area (Å²) in [6.07, 6.45) is 1.65. The maximum Gasteiger partial charge on any atom is 0.240 e. The minimum Gasteiger partial charge on any atom is -0.383 e. The van der Waals surface area contributed by atoms with Crippen molar-refractivity contribution >= 4 is 16.8 Å². The van der Waals surface area contributed by atoms with Crippen molar-refractivity contribution in [3.05, 3.63) is 46.2 Å². The molecular weight excluding hydrogens is 268 g/mol. The standard InChI is InChI=1S/C16H20N2O3/c1-11-4-5-14-13(8-11)15(19)6-7-18(14)9-16(20)17-12(2)10-21-3/h4-8,12H,9-10H2,1-3H3,(H,17,20). The number of ether oxygens (including phenoxy) is 1. The summed E-state index contributed by atoms with van der Waals surface area (Å²) in [6.45, 7) is 4.47. The lowest BCUT2D eigenvalue weighted by molar-refractivity contribution is -0.122. The molecule has 0 aliphatic carbocycles. The first-order valence-electron chi connectivity index (χ1n) is 6.89. The number of hydrogen-bond acceptors (Lipinski definition) is 3. The van der Waals surface area contributed by atoms with Crippen molar-refractivity contribution in [3.8, 4) is 0 Å².